The number of benzene rings is 2. The largest absolute Gasteiger partial charge is 0.497 e. The number of nitrogens with one attached hydrogen (secondary N) is 1. The standard InChI is InChI=1S/C22H24N2O2/c1-25-15-4-2-5-16(14-15)26-21-10-13-24-20-9-12-23-11-8-17(20)18-6-3-7-19(21)22(18)24/h2-7,14,21,23H,8-13H2,1H3. The van der Waals surface area contributed by atoms with Crippen molar-refractivity contribution in [1.29, 1.82) is 0 Å². The summed E-state index contributed by atoms with van der Waals surface area (Å²) in [7, 11) is 1.69. The normalized spacial score (nSPS) is 19.0. The average molecular weight is 348 g/mol. The molecule has 2 aliphatic heterocycles. The third kappa shape index (κ3) is 2.48. The number of ether oxygens (including phenoxy) is 2. The van der Waals surface area contributed by atoms with E-state index in [9.17, 15) is 0 Å². The minimum absolute atomic E-state index is 0.0926. The van der Waals surface area contributed by atoms with E-state index in [0.717, 1.165) is 50.4 Å². The van der Waals surface area contributed by atoms with Crippen molar-refractivity contribution in [2.24, 2.45) is 0 Å². The van der Waals surface area contributed by atoms with Gasteiger partial charge in [0.25, 0.3) is 0 Å². The molecular formula is C22H24N2O2. The van der Waals surface area contributed by atoms with Crippen LogP contribution in [0.1, 0.15) is 29.3 Å². The Kier molecular flexibility index (Phi) is 3.86. The van der Waals surface area contributed by atoms with Crippen molar-refractivity contribution in [1.82, 2.24) is 9.88 Å². The Morgan fingerprint density at radius 2 is 1.88 bits per heavy atom. The number of methoxy groups -OCH3 is 1. The molecule has 1 aromatic heterocycles. The Balaban J connectivity index is 1.58. The van der Waals surface area contributed by atoms with Crippen LogP contribution in [0.2, 0.25) is 0 Å². The van der Waals surface area contributed by atoms with Crippen LogP contribution in [-0.4, -0.2) is 24.8 Å². The van der Waals surface area contributed by atoms with Crippen molar-refractivity contribution in [2.45, 2.75) is 31.9 Å². The first kappa shape index (κ1) is 15.8. The van der Waals surface area contributed by atoms with Crippen molar-refractivity contribution in [3.05, 3.63) is 59.3 Å². The Bertz CT molecular complexity index is 960. The Hall–Kier alpha value is -2.46. The highest BCUT2D eigenvalue weighted by Gasteiger charge is 2.28. The minimum Gasteiger partial charge on any atom is -0.497 e. The molecule has 26 heavy (non-hydrogen) atoms. The van der Waals surface area contributed by atoms with Crippen LogP contribution in [0.25, 0.3) is 10.9 Å². The molecule has 0 aliphatic carbocycles. The van der Waals surface area contributed by atoms with Crippen molar-refractivity contribution in [2.75, 3.05) is 20.2 Å². The van der Waals surface area contributed by atoms with Gasteiger partial charge in [-0.3, -0.25) is 0 Å². The third-order valence-corrected chi connectivity index (χ3v) is 5.71. The van der Waals surface area contributed by atoms with Crippen molar-refractivity contribution in [3.63, 3.8) is 0 Å². The zero-order chi connectivity index (χ0) is 17.5. The van der Waals surface area contributed by atoms with Crippen LogP contribution in [-0.2, 0) is 19.4 Å². The second kappa shape index (κ2) is 6.36. The fourth-order valence-electron chi connectivity index (χ4n) is 4.54. The number of aryl methyl sites for hydroxylation is 1. The predicted molar refractivity (Wildman–Crippen MR) is 103 cm³/mol. The van der Waals surface area contributed by atoms with Gasteiger partial charge in [-0.05, 0) is 30.7 Å². The average Bonchev–Trinajstić information content (AvgIpc) is 2.84. The van der Waals surface area contributed by atoms with Crippen LogP contribution in [0, 0.1) is 0 Å². The maximum Gasteiger partial charge on any atom is 0.127 e. The number of aromatic nitrogens is 1. The molecule has 0 amide bonds. The van der Waals surface area contributed by atoms with Crippen molar-refractivity contribution < 1.29 is 9.47 Å². The molecule has 0 spiro atoms. The van der Waals surface area contributed by atoms with Gasteiger partial charge in [-0.1, -0.05) is 24.3 Å². The third-order valence-electron chi connectivity index (χ3n) is 5.71. The second-order valence-corrected chi connectivity index (χ2v) is 7.14. The number of nitrogens with zero attached hydrogens (tertiary/aromatic N) is 1. The number of hydrogen-bond donors (Lipinski definition) is 1. The van der Waals surface area contributed by atoms with E-state index in [0.29, 0.717) is 0 Å². The lowest BCUT2D eigenvalue weighted by molar-refractivity contribution is 0.182. The summed E-state index contributed by atoms with van der Waals surface area (Å²) in [6.07, 6.45) is 3.32. The van der Waals surface area contributed by atoms with E-state index in [-0.39, 0.29) is 6.10 Å². The maximum absolute atomic E-state index is 6.40. The number of para-hydroxylation sites is 1. The molecular weight excluding hydrogens is 324 g/mol. The van der Waals surface area contributed by atoms with Gasteiger partial charge < -0.3 is 19.4 Å². The summed E-state index contributed by atoms with van der Waals surface area (Å²) in [5.74, 6) is 1.70. The van der Waals surface area contributed by atoms with Gasteiger partial charge in [-0.2, -0.15) is 0 Å². The molecule has 2 aromatic carbocycles. The number of rotatable bonds is 3. The van der Waals surface area contributed by atoms with Crippen molar-refractivity contribution >= 4 is 10.9 Å². The summed E-state index contributed by atoms with van der Waals surface area (Å²) in [4.78, 5) is 0. The highest BCUT2D eigenvalue weighted by Crippen LogP contribution is 2.40. The summed E-state index contributed by atoms with van der Waals surface area (Å²) < 4.78 is 14.3. The van der Waals surface area contributed by atoms with E-state index in [1.807, 2.05) is 24.3 Å². The molecule has 5 rings (SSSR count). The first-order valence-corrected chi connectivity index (χ1v) is 9.49. The minimum atomic E-state index is 0.0926. The van der Waals surface area contributed by atoms with Gasteiger partial charge in [-0.25, -0.2) is 0 Å². The predicted octanol–water partition coefficient (Wildman–Crippen LogP) is 3.86. The van der Waals surface area contributed by atoms with Gasteiger partial charge in [0.1, 0.15) is 17.6 Å². The lowest BCUT2D eigenvalue weighted by Crippen LogP contribution is -2.20. The lowest BCUT2D eigenvalue weighted by Gasteiger charge is -2.27. The maximum atomic E-state index is 6.40. The highest BCUT2D eigenvalue weighted by molar-refractivity contribution is 5.89. The molecule has 1 atom stereocenters. The SMILES string of the molecule is COc1cccc(OC2CCn3c4c(c5cccc2c53)CCNCC4)c1. The Labute approximate surface area is 153 Å². The molecule has 0 radical (unpaired) electrons. The smallest absolute Gasteiger partial charge is 0.127 e. The molecule has 2 aliphatic rings. The van der Waals surface area contributed by atoms with Crippen LogP contribution < -0.4 is 14.8 Å². The molecule has 0 saturated heterocycles. The highest BCUT2D eigenvalue weighted by atomic mass is 16.5. The lowest BCUT2D eigenvalue weighted by atomic mass is 9.99. The van der Waals surface area contributed by atoms with E-state index in [2.05, 4.69) is 28.1 Å². The zero-order valence-electron chi connectivity index (χ0n) is 15.1. The van der Waals surface area contributed by atoms with E-state index in [4.69, 9.17) is 9.47 Å². The molecule has 1 N–H and O–H groups in total. The Morgan fingerprint density at radius 3 is 2.81 bits per heavy atom. The molecule has 3 heterocycles. The van der Waals surface area contributed by atoms with Gasteiger partial charge in [-0.15, -0.1) is 0 Å². The van der Waals surface area contributed by atoms with Crippen LogP contribution in [0.4, 0.5) is 0 Å². The second-order valence-electron chi connectivity index (χ2n) is 7.14. The summed E-state index contributed by atoms with van der Waals surface area (Å²) in [6.45, 7) is 3.17. The van der Waals surface area contributed by atoms with E-state index in [1.54, 1.807) is 7.11 Å². The quantitative estimate of drug-likeness (QED) is 0.781. The number of fused-ring (bicyclic) bond motifs is 3. The summed E-state index contributed by atoms with van der Waals surface area (Å²) in [5.41, 5.74) is 5.77. The molecule has 4 nitrogen and oxygen atoms in total. The molecule has 3 aromatic rings. The summed E-state index contributed by atoms with van der Waals surface area (Å²) >= 11 is 0. The molecule has 0 saturated carbocycles. The van der Waals surface area contributed by atoms with Crippen LogP contribution >= 0.6 is 0 Å². The van der Waals surface area contributed by atoms with Crippen LogP contribution in [0.3, 0.4) is 0 Å². The van der Waals surface area contributed by atoms with Gasteiger partial charge in [0, 0.05) is 48.6 Å². The van der Waals surface area contributed by atoms with Gasteiger partial charge >= 0.3 is 0 Å². The zero-order valence-corrected chi connectivity index (χ0v) is 15.1. The molecule has 0 bridgehead atoms. The first-order chi connectivity index (χ1) is 12.8. The van der Waals surface area contributed by atoms with E-state index in [1.165, 1.54) is 27.7 Å². The fourth-order valence-corrected chi connectivity index (χ4v) is 4.54. The molecule has 4 heteroatoms. The topological polar surface area (TPSA) is 35.4 Å². The Morgan fingerprint density at radius 1 is 1.04 bits per heavy atom. The van der Waals surface area contributed by atoms with E-state index < -0.39 is 0 Å². The molecule has 1 unspecified atom stereocenters. The van der Waals surface area contributed by atoms with E-state index >= 15 is 0 Å². The fraction of sp³-hybridized carbons (Fsp3) is 0.364. The van der Waals surface area contributed by atoms with Gasteiger partial charge in [0.15, 0.2) is 0 Å². The summed E-state index contributed by atoms with van der Waals surface area (Å²) in [5, 5.41) is 4.95. The van der Waals surface area contributed by atoms with Crippen LogP contribution in [0.15, 0.2) is 42.5 Å². The monoisotopic (exact) mass is 348 g/mol. The van der Waals surface area contributed by atoms with Gasteiger partial charge in [0.05, 0.1) is 12.6 Å². The molecule has 134 valence electrons. The van der Waals surface area contributed by atoms with Crippen molar-refractivity contribution in [3.8, 4) is 11.5 Å². The first-order valence-electron chi connectivity index (χ1n) is 9.49. The van der Waals surface area contributed by atoms with Crippen LogP contribution in [0.5, 0.6) is 11.5 Å². The number of hydrogen-bond acceptors (Lipinski definition) is 3. The summed E-state index contributed by atoms with van der Waals surface area (Å²) in [6, 6.07) is 14.6. The molecule has 0 fully saturated rings. The van der Waals surface area contributed by atoms with Gasteiger partial charge in [0.2, 0.25) is 0 Å².